The van der Waals surface area contributed by atoms with E-state index in [-0.39, 0.29) is 12.5 Å². The lowest BCUT2D eigenvalue weighted by Crippen LogP contribution is -2.24. The number of hydrogen-bond donors (Lipinski definition) is 1. The molecule has 1 aromatic rings. The first-order chi connectivity index (χ1) is 10.6. The van der Waals surface area contributed by atoms with Crippen molar-refractivity contribution in [2.45, 2.75) is 46.6 Å². The van der Waals surface area contributed by atoms with E-state index in [4.69, 9.17) is 4.74 Å². The molecule has 0 radical (unpaired) electrons. The number of benzene rings is 1. The minimum atomic E-state index is -0.174. The molecule has 0 amide bonds. The minimum Gasteiger partial charge on any atom is -0.465 e. The van der Waals surface area contributed by atoms with Gasteiger partial charge >= 0.3 is 5.97 Å². The predicted octanol–water partition coefficient (Wildman–Crippen LogP) is 4.09. The van der Waals surface area contributed by atoms with Crippen LogP contribution < -0.4 is 5.32 Å². The Morgan fingerprint density at radius 1 is 1.23 bits per heavy atom. The van der Waals surface area contributed by atoms with Crippen molar-refractivity contribution in [1.29, 1.82) is 0 Å². The van der Waals surface area contributed by atoms with Crippen molar-refractivity contribution in [2.24, 2.45) is 5.92 Å². The Morgan fingerprint density at radius 3 is 2.64 bits per heavy atom. The molecule has 1 rings (SSSR count). The molecular formula is C19H29NO2. The molecule has 0 bridgehead atoms. The van der Waals surface area contributed by atoms with E-state index in [0.29, 0.717) is 19.1 Å². The molecule has 0 fully saturated rings. The fraction of sp³-hybridized carbons (Fsp3) is 0.526. The van der Waals surface area contributed by atoms with Crippen molar-refractivity contribution in [3.05, 3.63) is 47.5 Å². The van der Waals surface area contributed by atoms with Crippen molar-refractivity contribution in [1.82, 2.24) is 5.32 Å². The van der Waals surface area contributed by atoms with E-state index in [0.717, 1.165) is 19.3 Å². The van der Waals surface area contributed by atoms with Crippen LogP contribution in [0.15, 0.2) is 42.0 Å². The summed E-state index contributed by atoms with van der Waals surface area (Å²) in [6.45, 7) is 7.92. The second-order valence-electron chi connectivity index (χ2n) is 6.06. The zero-order valence-electron chi connectivity index (χ0n) is 14.1. The van der Waals surface area contributed by atoms with Gasteiger partial charge in [-0.1, -0.05) is 48.9 Å². The molecule has 22 heavy (non-hydrogen) atoms. The molecule has 1 aromatic carbocycles. The molecule has 0 heterocycles. The largest absolute Gasteiger partial charge is 0.465 e. The first-order valence-corrected chi connectivity index (χ1v) is 8.11. The zero-order chi connectivity index (χ0) is 16.2. The average molecular weight is 303 g/mol. The number of esters is 1. The number of carbonyl (C=O) groups excluding carboxylic acids is 1. The Hall–Kier alpha value is -1.61. The van der Waals surface area contributed by atoms with Gasteiger partial charge in [0.25, 0.3) is 0 Å². The van der Waals surface area contributed by atoms with E-state index < -0.39 is 0 Å². The van der Waals surface area contributed by atoms with Crippen LogP contribution in [0, 0.1) is 5.92 Å². The van der Waals surface area contributed by atoms with Crippen LogP contribution in [0.25, 0.3) is 0 Å². The number of ether oxygens (including phenoxy) is 1. The molecule has 0 spiro atoms. The minimum absolute atomic E-state index is 0.174. The number of allylic oxidation sites excluding steroid dienone is 2. The summed E-state index contributed by atoms with van der Waals surface area (Å²) in [5.41, 5.74) is 2.53. The molecule has 0 saturated heterocycles. The Kier molecular flexibility index (Phi) is 9.24. The second kappa shape index (κ2) is 11.0. The van der Waals surface area contributed by atoms with E-state index in [1.165, 1.54) is 11.1 Å². The third-order valence-corrected chi connectivity index (χ3v) is 3.53. The maximum absolute atomic E-state index is 11.6. The maximum atomic E-state index is 11.6. The van der Waals surface area contributed by atoms with E-state index in [1.807, 2.05) is 30.3 Å². The highest BCUT2D eigenvalue weighted by Crippen LogP contribution is 2.11. The van der Waals surface area contributed by atoms with Gasteiger partial charge in [0.05, 0.1) is 13.2 Å². The Bertz CT molecular complexity index is 450. The van der Waals surface area contributed by atoms with Crippen LogP contribution in [0.3, 0.4) is 0 Å². The van der Waals surface area contributed by atoms with E-state index in [2.05, 4.69) is 32.2 Å². The smallest absolute Gasteiger partial charge is 0.319 e. The van der Waals surface area contributed by atoms with Crippen molar-refractivity contribution in [2.75, 3.05) is 13.2 Å². The topological polar surface area (TPSA) is 38.3 Å². The number of carbonyl (C=O) groups is 1. The molecule has 3 heteroatoms. The van der Waals surface area contributed by atoms with Crippen molar-refractivity contribution >= 4 is 5.97 Å². The third kappa shape index (κ3) is 9.35. The molecule has 1 unspecified atom stereocenters. The SMILES string of the molecule is CC(C)=CCCC(C)CCOC(=O)CNCc1ccccc1. The fourth-order valence-corrected chi connectivity index (χ4v) is 2.13. The number of hydrogen-bond acceptors (Lipinski definition) is 3. The molecule has 1 N–H and O–H groups in total. The molecular weight excluding hydrogens is 274 g/mol. The van der Waals surface area contributed by atoms with E-state index in [9.17, 15) is 4.79 Å². The number of nitrogens with one attached hydrogen (secondary N) is 1. The molecule has 0 aliphatic carbocycles. The van der Waals surface area contributed by atoms with E-state index >= 15 is 0 Å². The second-order valence-corrected chi connectivity index (χ2v) is 6.06. The normalized spacial score (nSPS) is 11.8. The Labute approximate surface area is 134 Å². The molecule has 0 aliphatic rings. The fourth-order valence-electron chi connectivity index (χ4n) is 2.13. The molecule has 0 aromatic heterocycles. The summed E-state index contributed by atoms with van der Waals surface area (Å²) >= 11 is 0. The van der Waals surface area contributed by atoms with E-state index in [1.54, 1.807) is 0 Å². The Morgan fingerprint density at radius 2 is 1.95 bits per heavy atom. The predicted molar refractivity (Wildman–Crippen MR) is 91.6 cm³/mol. The first-order valence-electron chi connectivity index (χ1n) is 8.11. The summed E-state index contributed by atoms with van der Waals surface area (Å²) in [5.74, 6) is 0.410. The van der Waals surface area contributed by atoms with Gasteiger partial charge < -0.3 is 10.1 Å². The highest BCUT2D eigenvalue weighted by atomic mass is 16.5. The van der Waals surface area contributed by atoms with Gasteiger partial charge in [0, 0.05) is 6.54 Å². The van der Waals surface area contributed by atoms with Crippen LogP contribution in [0.1, 0.15) is 45.6 Å². The standard InChI is InChI=1S/C19H29NO2/c1-16(2)8-7-9-17(3)12-13-22-19(21)15-20-14-18-10-5-4-6-11-18/h4-6,8,10-11,17,20H,7,9,12-15H2,1-3H3. The van der Waals surface area contributed by atoms with Gasteiger partial charge in [-0.15, -0.1) is 0 Å². The monoisotopic (exact) mass is 303 g/mol. The summed E-state index contributed by atoms with van der Waals surface area (Å²) in [4.78, 5) is 11.6. The van der Waals surface area contributed by atoms with Crippen LogP contribution in [-0.2, 0) is 16.1 Å². The quantitative estimate of drug-likeness (QED) is 0.522. The third-order valence-electron chi connectivity index (χ3n) is 3.53. The summed E-state index contributed by atoms with van der Waals surface area (Å²) in [6, 6.07) is 10.0. The summed E-state index contributed by atoms with van der Waals surface area (Å²) < 4.78 is 5.26. The molecule has 0 aliphatic heterocycles. The molecule has 3 nitrogen and oxygen atoms in total. The lowest BCUT2D eigenvalue weighted by molar-refractivity contribution is -0.142. The number of rotatable bonds is 10. The van der Waals surface area contributed by atoms with Crippen LogP contribution in [0.2, 0.25) is 0 Å². The molecule has 122 valence electrons. The van der Waals surface area contributed by atoms with Gasteiger partial charge in [-0.3, -0.25) is 4.79 Å². The van der Waals surface area contributed by atoms with Gasteiger partial charge in [-0.25, -0.2) is 0 Å². The summed E-state index contributed by atoms with van der Waals surface area (Å²) in [7, 11) is 0. The molecule has 1 atom stereocenters. The van der Waals surface area contributed by atoms with Crippen molar-refractivity contribution < 1.29 is 9.53 Å². The van der Waals surface area contributed by atoms with Gasteiger partial charge in [0.15, 0.2) is 0 Å². The Balaban J connectivity index is 2.04. The van der Waals surface area contributed by atoms with Crippen LogP contribution in [-0.4, -0.2) is 19.1 Å². The first kappa shape index (κ1) is 18.4. The van der Waals surface area contributed by atoms with Gasteiger partial charge in [-0.05, 0) is 44.6 Å². The zero-order valence-corrected chi connectivity index (χ0v) is 14.1. The van der Waals surface area contributed by atoms with Gasteiger partial charge in [0.1, 0.15) is 0 Å². The summed E-state index contributed by atoms with van der Waals surface area (Å²) in [5, 5.41) is 3.10. The van der Waals surface area contributed by atoms with Gasteiger partial charge in [0.2, 0.25) is 0 Å². The van der Waals surface area contributed by atoms with Gasteiger partial charge in [-0.2, -0.15) is 0 Å². The lowest BCUT2D eigenvalue weighted by atomic mass is 10.0. The van der Waals surface area contributed by atoms with Crippen LogP contribution in [0.5, 0.6) is 0 Å². The summed E-state index contributed by atoms with van der Waals surface area (Å²) in [6.07, 6.45) is 5.45. The average Bonchev–Trinajstić information content (AvgIpc) is 2.48. The van der Waals surface area contributed by atoms with Crippen molar-refractivity contribution in [3.63, 3.8) is 0 Å². The molecule has 0 saturated carbocycles. The van der Waals surface area contributed by atoms with Crippen molar-refractivity contribution in [3.8, 4) is 0 Å². The van der Waals surface area contributed by atoms with Crippen LogP contribution in [0.4, 0.5) is 0 Å². The lowest BCUT2D eigenvalue weighted by Gasteiger charge is -2.11. The van der Waals surface area contributed by atoms with Crippen LogP contribution >= 0.6 is 0 Å². The maximum Gasteiger partial charge on any atom is 0.319 e. The highest BCUT2D eigenvalue weighted by Gasteiger charge is 2.05. The highest BCUT2D eigenvalue weighted by molar-refractivity contribution is 5.71.